The smallest absolute Gasteiger partial charge is 0.355 e. The van der Waals surface area contributed by atoms with Gasteiger partial charge in [-0.25, -0.2) is 4.39 Å². The Bertz CT molecular complexity index is 622. The summed E-state index contributed by atoms with van der Waals surface area (Å²) in [6, 6.07) is 6.66. The van der Waals surface area contributed by atoms with E-state index in [0.29, 0.717) is 0 Å². The molecule has 0 aliphatic heterocycles. The summed E-state index contributed by atoms with van der Waals surface area (Å²) in [5, 5.41) is 4.95. The molecule has 1 N–H and O–H groups in total. The number of carbonyl (C=O) groups is 1. The van der Waals surface area contributed by atoms with E-state index in [0.717, 1.165) is 6.07 Å². The summed E-state index contributed by atoms with van der Waals surface area (Å²) in [6.07, 6.45) is -4.52. The Hall–Kier alpha value is -2.38. The largest absolute Gasteiger partial charge is 0.405 e. The van der Waals surface area contributed by atoms with E-state index in [1.165, 1.54) is 18.2 Å². The van der Waals surface area contributed by atoms with E-state index in [2.05, 4.69) is 5.16 Å². The lowest BCUT2D eigenvalue weighted by Crippen LogP contribution is -2.33. The van der Waals surface area contributed by atoms with Crippen molar-refractivity contribution in [2.24, 2.45) is 0 Å². The summed E-state index contributed by atoms with van der Waals surface area (Å²) in [7, 11) is 0. The highest BCUT2D eigenvalue weighted by atomic mass is 19.4. The van der Waals surface area contributed by atoms with E-state index >= 15 is 0 Å². The maximum absolute atomic E-state index is 13.5. The van der Waals surface area contributed by atoms with E-state index in [9.17, 15) is 22.4 Å². The number of amides is 1. The van der Waals surface area contributed by atoms with Gasteiger partial charge in [0.15, 0.2) is 11.5 Å². The van der Waals surface area contributed by atoms with Gasteiger partial charge in [-0.2, -0.15) is 13.2 Å². The normalized spacial score (nSPS) is 11.4. The Balaban J connectivity index is 2.13. The first-order valence-electron chi connectivity index (χ1n) is 5.43. The second-order valence-electron chi connectivity index (χ2n) is 3.85. The molecule has 1 aromatic carbocycles. The molecule has 20 heavy (non-hydrogen) atoms. The van der Waals surface area contributed by atoms with Crippen molar-refractivity contribution in [1.82, 2.24) is 10.5 Å². The molecule has 8 heteroatoms. The molecule has 0 aliphatic rings. The molecule has 0 fully saturated rings. The minimum atomic E-state index is -4.52. The molecular formula is C12H8F4N2O2. The standard InChI is InChI=1S/C12H8F4N2O2/c13-8-4-2-1-3-7(8)10-5-9(18-20-10)11(19)17-6-12(14,15)16/h1-5H,6H2,(H,17,19). The monoisotopic (exact) mass is 288 g/mol. The van der Waals surface area contributed by atoms with Crippen LogP contribution >= 0.6 is 0 Å². The average Bonchev–Trinajstić information content (AvgIpc) is 2.85. The predicted octanol–water partition coefficient (Wildman–Crippen LogP) is 2.77. The zero-order valence-corrected chi connectivity index (χ0v) is 9.87. The molecule has 0 atom stereocenters. The molecule has 0 saturated heterocycles. The van der Waals surface area contributed by atoms with Gasteiger partial charge in [0.1, 0.15) is 12.4 Å². The molecule has 1 heterocycles. The van der Waals surface area contributed by atoms with Crippen molar-refractivity contribution < 1.29 is 26.9 Å². The van der Waals surface area contributed by atoms with Gasteiger partial charge in [0, 0.05) is 6.07 Å². The first kappa shape index (κ1) is 14.0. The number of hydrogen-bond donors (Lipinski definition) is 1. The Labute approximate surface area is 110 Å². The number of nitrogens with one attached hydrogen (secondary N) is 1. The van der Waals surface area contributed by atoms with E-state index in [-0.39, 0.29) is 17.0 Å². The van der Waals surface area contributed by atoms with Crippen LogP contribution < -0.4 is 5.32 Å². The van der Waals surface area contributed by atoms with Gasteiger partial charge >= 0.3 is 6.18 Å². The zero-order valence-electron chi connectivity index (χ0n) is 9.87. The molecule has 106 valence electrons. The van der Waals surface area contributed by atoms with Crippen LogP contribution in [0.2, 0.25) is 0 Å². The summed E-state index contributed by atoms with van der Waals surface area (Å²) in [5.41, 5.74) is -0.289. The summed E-state index contributed by atoms with van der Waals surface area (Å²) >= 11 is 0. The topological polar surface area (TPSA) is 55.1 Å². The number of rotatable bonds is 3. The Morgan fingerprint density at radius 3 is 2.65 bits per heavy atom. The molecule has 0 saturated carbocycles. The van der Waals surface area contributed by atoms with Crippen molar-refractivity contribution in [2.75, 3.05) is 6.54 Å². The van der Waals surface area contributed by atoms with Crippen molar-refractivity contribution in [3.8, 4) is 11.3 Å². The van der Waals surface area contributed by atoms with Gasteiger partial charge in [-0.15, -0.1) is 0 Å². The van der Waals surface area contributed by atoms with E-state index < -0.39 is 24.4 Å². The van der Waals surface area contributed by atoms with Gasteiger partial charge in [-0.05, 0) is 12.1 Å². The van der Waals surface area contributed by atoms with Crippen LogP contribution in [-0.2, 0) is 0 Å². The molecule has 0 bridgehead atoms. The molecule has 1 amide bonds. The van der Waals surface area contributed by atoms with Crippen LogP contribution in [0.5, 0.6) is 0 Å². The van der Waals surface area contributed by atoms with Gasteiger partial charge in [0.25, 0.3) is 5.91 Å². The van der Waals surface area contributed by atoms with Crippen molar-refractivity contribution >= 4 is 5.91 Å². The maximum atomic E-state index is 13.5. The van der Waals surface area contributed by atoms with Crippen molar-refractivity contribution in [3.63, 3.8) is 0 Å². The van der Waals surface area contributed by atoms with Crippen LogP contribution in [0.4, 0.5) is 17.6 Å². The SMILES string of the molecule is O=C(NCC(F)(F)F)c1cc(-c2ccccc2F)on1. The molecule has 2 aromatic rings. The van der Waals surface area contributed by atoms with Crippen LogP contribution in [-0.4, -0.2) is 23.8 Å². The van der Waals surface area contributed by atoms with E-state index in [4.69, 9.17) is 4.52 Å². The molecular weight excluding hydrogens is 280 g/mol. The molecule has 0 aliphatic carbocycles. The number of alkyl halides is 3. The lowest BCUT2D eigenvalue weighted by atomic mass is 10.1. The third kappa shape index (κ3) is 3.34. The number of aromatic nitrogens is 1. The van der Waals surface area contributed by atoms with Gasteiger partial charge in [-0.1, -0.05) is 17.3 Å². The molecule has 1 aromatic heterocycles. The molecule has 0 spiro atoms. The predicted molar refractivity (Wildman–Crippen MR) is 60.3 cm³/mol. The average molecular weight is 288 g/mol. The molecule has 2 rings (SSSR count). The Morgan fingerprint density at radius 1 is 1.30 bits per heavy atom. The third-order valence-electron chi connectivity index (χ3n) is 2.33. The van der Waals surface area contributed by atoms with Crippen LogP contribution in [0, 0.1) is 5.82 Å². The number of nitrogens with zero attached hydrogens (tertiary/aromatic N) is 1. The second kappa shape index (κ2) is 5.32. The first-order valence-corrected chi connectivity index (χ1v) is 5.43. The zero-order chi connectivity index (χ0) is 14.8. The highest BCUT2D eigenvalue weighted by molar-refractivity contribution is 5.93. The fourth-order valence-electron chi connectivity index (χ4n) is 1.44. The first-order chi connectivity index (χ1) is 9.37. The summed E-state index contributed by atoms with van der Waals surface area (Å²) in [4.78, 5) is 11.4. The number of benzene rings is 1. The quantitative estimate of drug-likeness (QED) is 0.884. The van der Waals surface area contributed by atoms with E-state index in [1.54, 1.807) is 11.4 Å². The highest BCUT2D eigenvalue weighted by Gasteiger charge is 2.28. The maximum Gasteiger partial charge on any atom is 0.405 e. The summed E-state index contributed by atoms with van der Waals surface area (Å²) < 4.78 is 54.0. The Kier molecular flexibility index (Phi) is 3.73. The van der Waals surface area contributed by atoms with Gasteiger partial charge in [0.2, 0.25) is 0 Å². The molecule has 0 unspecified atom stereocenters. The van der Waals surface area contributed by atoms with Crippen molar-refractivity contribution in [1.29, 1.82) is 0 Å². The van der Waals surface area contributed by atoms with Gasteiger partial charge < -0.3 is 9.84 Å². The highest BCUT2D eigenvalue weighted by Crippen LogP contribution is 2.23. The number of halogens is 4. The number of carbonyl (C=O) groups excluding carboxylic acids is 1. The van der Waals surface area contributed by atoms with Crippen molar-refractivity contribution in [2.45, 2.75) is 6.18 Å². The van der Waals surface area contributed by atoms with Crippen molar-refractivity contribution in [3.05, 3.63) is 41.8 Å². The van der Waals surface area contributed by atoms with Crippen LogP contribution in [0.25, 0.3) is 11.3 Å². The third-order valence-corrected chi connectivity index (χ3v) is 2.33. The van der Waals surface area contributed by atoms with Crippen LogP contribution in [0.15, 0.2) is 34.9 Å². The van der Waals surface area contributed by atoms with Gasteiger partial charge in [0.05, 0.1) is 5.56 Å². The molecule has 4 nitrogen and oxygen atoms in total. The lowest BCUT2D eigenvalue weighted by Gasteiger charge is -2.05. The minimum Gasteiger partial charge on any atom is -0.355 e. The fraction of sp³-hybridized carbons (Fsp3) is 0.167. The second-order valence-corrected chi connectivity index (χ2v) is 3.85. The Morgan fingerprint density at radius 2 is 2.00 bits per heavy atom. The van der Waals surface area contributed by atoms with Crippen LogP contribution in [0.1, 0.15) is 10.5 Å². The van der Waals surface area contributed by atoms with Gasteiger partial charge in [-0.3, -0.25) is 4.79 Å². The fourth-order valence-corrected chi connectivity index (χ4v) is 1.44. The number of hydrogen-bond acceptors (Lipinski definition) is 3. The molecule has 0 radical (unpaired) electrons. The lowest BCUT2D eigenvalue weighted by molar-refractivity contribution is -0.123. The summed E-state index contributed by atoms with van der Waals surface area (Å²) in [6.45, 7) is -1.48. The summed E-state index contributed by atoms with van der Waals surface area (Å²) in [5.74, 6) is -1.68. The minimum absolute atomic E-state index is 0.0414. The van der Waals surface area contributed by atoms with Crippen LogP contribution in [0.3, 0.4) is 0 Å². The van der Waals surface area contributed by atoms with E-state index in [1.807, 2.05) is 0 Å².